The Morgan fingerprint density at radius 3 is 2.51 bits per heavy atom. The highest BCUT2D eigenvalue weighted by Gasteiger charge is 2.35. The quantitative estimate of drug-likeness (QED) is 0.232. The van der Waals surface area contributed by atoms with E-state index in [4.69, 9.17) is 39.9 Å². The Kier molecular flexibility index (Phi) is 7.49. The van der Waals surface area contributed by atoms with Crippen LogP contribution in [0.25, 0.3) is 0 Å². The first kappa shape index (κ1) is 25.7. The Bertz CT molecular complexity index is 1530. The summed E-state index contributed by atoms with van der Waals surface area (Å²) in [6.45, 7) is 3.80. The zero-order valence-corrected chi connectivity index (χ0v) is 23.0. The summed E-state index contributed by atoms with van der Waals surface area (Å²) in [5, 5.41) is 13.1. The lowest BCUT2D eigenvalue weighted by atomic mass is 9.95. The van der Waals surface area contributed by atoms with Crippen molar-refractivity contribution >= 4 is 64.1 Å². The van der Waals surface area contributed by atoms with Gasteiger partial charge >= 0.3 is 0 Å². The Hall–Kier alpha value is -2.97. The summed E-state index contributed by atoms with van der Waals surface area (Å²) in [6.07, 6.45) is 0. The van der Waals surface area contributed by atoms with E-state index in [0.717, 1.165) is 22.4 Å². The molecular weight excluding hydrogens is 549 g/mol. The lowest BCUT2D eigenvalue weighted by Gasteiger charge is -2.29. The van der Waals surface area contributed by atoms with Crippen LogP contribution in [-0.4, -0.2) is 20.7 Å². The first-order valence-electron chi connectivity index (χ1n) is 11.4. The summed E-state index contributed by atoms with van der Waals surface area (Å²) < 4.78 is 1.72. The fourth-order valence-electron chi connectivity index (χ4n) is 4.14. The monoisotopic (exact) mass is 569 g/mol. The number of carbonyl (C=O) groups excluding carboxylic acids is 1. The van der Waals surface area contributed by atoms with Gasteiger partial charge in [-0.25, -0.2) is 4.68 Å². The van der Waals surface area contributed by atoms with Gasteiger partial charge in [0.15, 0.2) is 0 Å². The predicted octanol–water partition coefficient (Wildman–Crippen LogP) is 7.77. The van der Waals surface area contributed by atoms with Crippen LogP contribution in [0.1, 0.15) is 29.7 Å². The van der Waals surface area contributed by atoms with E-state index in [9.17, 15) is 4.79 Å². The molecule has 0 spiro atoms. The largest absolute Gasteiger partial charge is 0.328 e. The number of carbonyl (C=O) groups is 1. The van der Waals surface area contributed by atoms with E-state index < -0.39 is 6.04 Å². The molecule has 188 valence electrons. The van der Waals surface area contributed by atoms with E-state index in [2.05, 4.69) is 15.6 Å². The number of aryl methyl sites for hydroxylation is 1. The number of para-hydroxylation sites is 1. The van der Waals surface area contributed by atoms with Crippen LogP contribution < -0.4 is 10.6 Å². The average Bonchev–Trinajstić information content (AvgIpc) is 3.28. The van der Waals surface area contributed by atoms with Gasteiger partial charge in [0, 0.05) is 22.2 Å². The number of rotatable bonds is 6. The molecule has 10 heteroatoms. The van der Waals surface area contributed by atoms with Crippen LogP contribution in [0.3, 0.4) is 0 Å². The molecule has 2 N–H and O–H groups in total. The van der Waals surface area contributed by atoms with E-state index in [1.165, 1.54) is 11.8 Å². The van der Waals surface area contributed by atoms with Crippen molar-refractivity contribution < 1.29 is 4.79 Å². The number of anilines is 2. The summed E-state index contributed by atoms with van der Waals surface area (Å²) in [5.41, 5.74) is 4.62. The number of aromatic nitrogens is 3. The maximum atomic E-state index is 13.7. The number of allylic oxidation sites excluding steroid dienone is 1. The van der Waals surface area contributed by atoms with Crippen LogP contribution in [-0.2, 0) is 10.5 Å². The lowest BCUT2D eigenvalue weighted by Crippen LogP contribution is -2.31. The fourth-order valence-corrected chi connectivity index (χ4v) is 5.56. The van der Waals surface area contributed by atoms with Crippen LogP contribution in [0.4, 0.5) is 11.6 Å². The van der Waals surface area contributed by atoms with E-state index in [1.807, 2.05) is 68.4 Å². The number of fused-ring (bicyclic) bond motifs is 1. The summed E-state index contributed by atoms with van der Waals surface area (Å²) >= 11 is 20.4. The number of nitrogens with one attached hydrogen (secondary N) is 2. The van der Waals surface area contributed by atoms with Crippen LogP contribution in [0.2, 0.25) is 15.1 Å². The lowest BCUT2D eigenvalue weighted by molar-refractivity contribution is -0.113. The minimum Gasteiger partial charge on any atom is -0.328 e. The SMILES string of the molecule is CC1=C(C(=O)Nc2ccccc2C)C(c2ccc(Cl)c(Cl)c2)n2nc(SCc3ccccc3Cl)nc2N1. The molecule has 0 aliphatic carbocycles. The van der Waals surface area contributed by atoms with Gasteiger partial charge < -0.3 is 10.6 Å². The zero-order valence-electron chi connectivity index (χ0n) is 19.9. The molecule has 3 aromatic carbocycles. The summed E-state index contributed by atoms with van der Waals surface area (Å²) in [5.74, 6) is 0.887. The number of benzene rings is 3. The summed E-state index contributed by atoms with van der Waals surface area (Å²) in [6, 6.07) is 20.1. The minimum absolute atomic E-state index is 0.248. The third-order valence-electron chi connectivity index (χ3n) is 6.05. The number of halogens is 3. The molecule has 0 radical (unpaired) electrons. The molecule has 4 aromatic rings. The normalized spacial score (nSPS) is 14.8. The second-order valence-corrected chi connectivity index (χ2v) is 10.7. The number of amides is 1. The third kappa shape index (κ3) is 5.36. The van der Waals surface area contributed by atoms with E-state index in [-0.39, 0.29) is 5.91 Å². The van der Waals surface area contributed by atoms with Gasteiger partial charge in [0.2, 0.25) is 11.1 Å². The molecule has 1 unspecified atom stereocenters. The molecule has 2 heterocycles. The molecule has 0 fully saturated rings. The van der Waals surface area contributed by atoms with Crippen LogP contribution in [0.5, 0.6) is 0 Å². The number of hydrogen-bond acceptors (Lipinski definition) is 5. The van der Waals surface area contributed by atoms with Crippen molar-refractivity contribution in [3.63, 3.8) is 0 Å². The van der Waals surface area contributed by atoms with Gasteiger partial charge in [0.1, 0.15) is 6.04 Å². The number of hydrogen-bond donors (Lipinski definition) is 2. The molecule has 1 amide bonds. The van der Waals surface area contributed by atoms with Gasteiger partial charge in [-0.3, -0.25) is 4.79 Å². The second-order valence-electron chi connectivity index (χ2n) is 8.55. The van der Waals surface area contributed by atoms with Crippen molar-refractivity contribution in [2.24, 2.45) is 0 Å². The smallest absolute Gasteiger partial charge is 0.255 e. The maximum absolute atomic E-state index is 13.7. The Labute approximate surface area is 234 Å². The molecule has 1 aromatic heterocycles. The molecule has 1 atom stereocenters. The van der Waals surface area contributed by atoms with E-state index >= 15 is 0 Å². The average molecular weight is 571 g/mol. The topological polar surface area (TPSA) is 71.8 Å². The molecule has 37 heavy (non-hydrogen) atoms. The van der Waals surface area contributed by atoms with Gasteiger partial charge in [0.25, 0.3) is 5.91 Å². The highest BCUT2D eigenvalue weighted by molar-refractivity contribution is 7.98. The molecular formula is C27H22Cl3N5OS. The number of thioether (sulfide) groups is 1. The molecule has 0 saturated carbocycles. The first-order valence-corrected chi connectivity index (χ1v) is 13.6. The van der Waals surface area contributed by atoms with Crippen molar-refractivity contribution in [1.82, 2.24) is 14.8 Å². The van der Waals surface area contributed by atoms with E-state index in [1.54, 1.807) is 16.8 Å². The Morgan fingerprint density at radius 1 is 1.00 bits per heavy atom. The maximum Gasteiger partial charge on any atom is 0.255 e. The molecule has 6 nitrogen and oxygen atoms in total. The molecule has 0 saturated heterocycles. The fraction of sp³-hybridized carbons (Fsp3) is 0.148. The van der Waals surface area contributed by atoms with Gasteiger partial charge in [-0.15, -0.1) is 5.10 Å². The van der Waals surface area contributed by atoms with Gasteiger partial charge in [0.05, 0.1) is 15.6 Å². The van der Waals surface area contributed by atoms with Crippen molar-refractivity contribution in [2.45, 2.75) is 30.8 Å². The predicted molar refractivity (Wildman–Crippen MR) is 152 cm³/mol. The summed E-state index contributed by atoms with van der Waals surface area (Å²) in [7, 11) is 0. The first-order chi connectivity index (χ1) is 17.8. The summed E-state index contributed by atoms with van der Waals surface area (Å²) in [4.78, 5) is 18.4. The van der Waals surface area contributed by atoms with Gasteiger partial charge in [-0.2, -0.15) is 4.98 Å². The van der Waals surface area contributed by atoms with Crippen LogP contribution in [0, 0.1) is 6.92 Å². The standard InChI is InChI=1S/C27H22Cl3N5OS/c1-15-7-3-6-10-22(15)32-25(36)23-16(2)31-26-33-27(37-14-18-8-4-5-9-19(18)28)34-35(26)24(23)17-11-12-20(29)21(30)13-17/h3-13,24H,14H2,1-2H3,(H,32,36)(H,31,33,34). The number of nitrogens with zero attached hydrogens (tertiary/aromatic N) is 3. The van der Waals surface area contributed by atoms with Gasteiger partial charge in [-0.1, -0.05) is 89.0 Å². The van der Waals surface area contributed by atoms with Gasteiger partial charge in [-0.05, 0) is 54.8 Å². The van der Waals surface area contributed by atoms with Crippen LogP contribution in [0.15, 0.2) is 83.2 Å². The van der Waals surface area contributed by atoms with E-state index in [0.29, 0.717) is 43.2 Å². The van der Waals surface area contributed by atoms with Crippen molar-refractivity contribution in [1.29, 1.82) is 0 Å². The molecule has 0 bridgehead atoms. The van der Waals surface area contributed by atoms with Crippen LogP contribution >= 0.6 is 46.6 Å². The highest BCUT2D eigenvalue weighted by Crippen LogP contribution is 2.39. The van der Waals surface area contributed by atoms with Crippen molar-refractivity contribution in [3.8, 4) is 0 Å². The molecule has 1 aliphatic rings. The van der Waals surface area contributed by atoms with Crippen molar-refractivity contribution in [3.05, 3.63) is 110 Å². The second kappa shape index (κ2) is 10.8. The molecule has 1 aliphatic heterocycles. The Morgan fingerprint density at radius 2 is 1.76 bits per heavy atom. The minimum atomic E-state index is -0.572. The highest BCUT2D eigenvalue weighted by atomic mass is 35.5. The molecule has 5 rings (SSSR count). The Balaban J connectivity index is 1.52. The van der Waals surface area contributed by atoms with Crippen molar-refractivity contribution in [2.75, 3.05) is 10.6 Å². The third-order valence-corrected chi connectivity index (χ3v) is 8.04. The zero-order chi connectivity index (χ0) is 26.1.